The second kappa shape index (κ2) is 2.81. The molecule has 1 aliphatic rings. The van der Waals surface area contributed by atoms with E-state index in [1.54, 1.807) is 0 Å². The Hall–Kier alpha value is -0.580. The van der Waals surface area contributed by atoms with Gasteiger partial charge in [-0.2, -0.15) is 0 Å². The maximum Gasteiger partial charge on any atom is 0.217 e. The van der Waals surface area contributed by atoms with Crippen LogP contribution in [0.15, 0.2) is 0 Å². The molecule has 1 fully saturated rings. The van der Waals surface area contributed by atoms with Gasteiger partial charge in [0.15, 0.2) is 9.84 Å². The van der Waals surface area contributed by atoms with Crippen molar-refractivity contribution in [2.24, 2.45) is 0 Å². The van der Waals surface area contributed by atoms with Gasteiger partial charge in [0, 0.05) is 13.0 Å². The first kappa shape index (κ1) is 8.52. The van der Waals surface area contributed by atoms with Gasteiger partial charge >= 0.3 is 0 Å². The summed E-state index contributed by atoms with van der Waals surface area (Å²) < 4.78 is 21.7. The third kappa shape index (κ3) is 2.49. The molecule has 11 heavy (non-hydrogen) atoms. The van der Waals surface area contributed by atoms with Crippen molar-refractivity contribution >= 4 is 15.7 Å². The van der Waals surface area contributed by atoms with Crippen LogP contribution >= 0.6 is 0 Å². The fourth-order valence-electron chi connectivity index (χ4n) is 1.20. The van der Waals surface area contributed by atoms with E-state index >= 15 is 0 Å². The van der Waals surface area contributed by atoms with Crippen LogP contribution in [-0.4, -0.2) is 31.9 Å². The van der Waals surface area contributed by atoms with Crippen molar-refractivity contribution in [3.63, 3.8) is 0 Å². The molecule has 64 valence electrons. The number of sulfone groups is 1. The molecule has 0 aromatic rings. The zero-order valence-electron chi connectivity index (χ0n) is 6.33. The van der Waals surface area contributed by atoms with Crippen molar-refractivity contribution < 1.29 is 13.2 Å². The van der Waals surface area contributed by atoms with E-state index in [2.05, 4.69) is 5.32 Å². The average Bonchev–Trinajstić information content (AvgIpc) is 2.08. The van der Waals surface area contributed by atoms with E-state index in [1.165, 1.54) is 6.92 Å². The van der Waals surface area contributed by atoms with Gasteiger partial charge in [0.25, 0.3) is 0 Å². The molecule has 0 unspecified atom stereocenters. The summed E-state index contributed by atoms with van der Waals surface area (Å²) >= 11 is 0. The van der Waals surface area contributed by atoms with Crippen LogP contribution in [0.5, 0.6) is 0 Å². The van der Waals surface area contributed by atoms with Crippen molar-refractivity contribution in [3.05, 3.63) is 0 Å². The van der Waals surface area contributed by atoms with Crippen molar-refractivity contribution in [2.45, 2.75) is 19.4 Å². The van der Waals surface area contributed by atoms with Gasteiger partial charge in [-0.1, -0.05) is 0 Å². The summed E-state index contributed by atoms with van der Waals surface area (Å²) in [6.45, 7) is 1.39. The lowest BCUT2D eigenvalue weighted by atomic mass is 10.3. The molecule has 0 bridgehead atoms. The highest BCUT2D eigenvalue weighted by Gasteiger charge is 2.27. The van der Waals surface area contributed by atoms with Crippen LogP contribution in [0.25, 0.3) is 0 Å². The molecule has 1 atom stereocenters. The van der Waals surface area contributed by atoms with Crippen molar-refractivity contribution in [2.75, 3.05) is 11.5 Å². The number of carbonyl (C=O) groups is 1. The monoisotopic (exact) mass is 177 g/mol. The van der Waals surface area contributed by atoms with E-state index in [1.807, 2.05) is 0 Å². The van der Waals surface area contributed by atoms with Crippen LogP contribution < -0.4 is 5.32 Å². The molecule has 1 heterocycles. The Morgan fingerprint density at radius 2 is 2.18 bits per heavy atom. The molecule has 1 rings (SSSR count). The molecular weight excluding hydrogens is 166 g/mol. The van der Waals surface area contributed by atoms with Crippen molar-refractivity contribution in [1.82, 2.24) is 5.32 Å². The van der Waals surface area contributed by atoms with Crippen LogP contribution in [0, 0.1) is 0 Å². The van der Waals surface area contributed by atoms with Crippen LogP contribution in [0.3, 0.4) is 0 Å². The molecule has 1 N–H and O–H groups in total. The molecule has 0 aromatic heterocycles. The number of hydrogen-bond acceptors (Lipinski definition) is 3. The summed E-state index contributed by atoms with van der Waals surface area (Å²) in [5.41, 5.74) is 0. The Kier molecular flexibility index (Phi) is 2.17. The minimum absolute atomic E-state index is 0.104. The highest BCUT2D eigenvalue weighted by atomic mass is 32.2. The Balaban J connectivity index is 2.49. The molecule has 0 spiro atoms. The lowest BCUT2D eigenvalue weighted by Gasteiger charge is -2.06. The first-order chi connectivity index (χ1) is 4.99. The second-order valence-electron chi connectivity index (χ2n) is 2.80. The first-order valence-electron chi connectivity index (χ1n) is 3.47. The van der Waals surface area contributed by atoms with Gasteiger partial charge in [-0.25, -0.2) is 8.42 Å². The van der Waals surface area contributed by atoms with Gasteiger partial charge in [0.1, 0.15) is 0 Å². The standard InChI is InChI=1S/C6H11NO3S/c1-5(8)7-6-2-3-11(9,10)4-6/h6H,2-4H2,1H3,(H,7,8)/t6-/m1/s1. The van der Waals surface area contributed by atoms with Gasteiger partial charge < -0.3 is 5.32 Å². The van der Waals surface area contributed by atoms with E-state index in [9.17, 15) is 13.2 Å². The zero-order valence-corrected chi connectivity index (χ0v) is 7.15. The van der Waals surface area contributed by atoms with Crippen molar-refractivity contribution in [1.29, 1.82) is 0 Å². The first-order valence-corrected chi connectivity index (χ1v) is 5.29. The highest BCUT2D eigenvalue weighted by Crippen LogP contribution is 2.10. The van der Waals surface area contributed by atoms with E-state index in [-0.39, 0.29) is 23.5 Å². The maximum atomic E-state index is 10.9. The smallest absolute Gasteiger partial charge is 0.217 e. The molecule has 1 saturated heterocycles. The Morgan fingerprint density at radius 3 is 2.55 bits per heavy atom. The lowest BCUT2D eigenvalue weighted by Crippen LogP contribution is -2.33. The average molecular weight is 177 g/mol. The number of carbonyl (C=O) groups excluding carboxylic acids is 1. The van der Waals surface area contributed by atoms with Gasteiger partial charge in [0.05, 0.1) is 11.5 Å². The minimum atomic E-state index is -2.86. The summed E-state index contributed by atoms with van der Waals surface area (Å²) in [5, 5.41) is 2.58. The molecule has 0 saturated carbocycles. The van der Waals surface area contributed by atoms with Crippen LogP contribution in [0.1, 0.15) is 13.3 Å². The van der Waals surface area contributed by atoms with Crippen LogP contribution in [0.4, 0.5) is 0 Å². The lowest BCUT2D eigenvalue weighted by molar-refractivity contribution is -0.119. The molecule has 0 aliphatic carbocycles. The third-order valence-electron chi connectivity index (χ3n) is 1.64. The molecule has 0 aromatic carbocycles. The van der Waals surface area contributed by atoms with Crippen molar-refractivity contribution in [3.8, 4) is 0 Å². The van der Waals surface area contributed by atoms with E-state index in [0.717, 1.165) is 0 Å². The van der Waals surface area contributed by atoms with Gasteiger partial charge in [-0.3, -0.25) is 4.79 Å². The normalized spacial score (nSPS) is 28.3. The fourth-order valence-corrected chi connectivity index (χ4v) is 2.87. The second-order valence-corrected chi connectivity index (χ2v) is 5.03. The maximum absolute atomic E-state index is 10.9. The molecule has 0 radical (unpaired) electrons. The molecular formula is C6H11NO3S. The molecule has 4 nitrogen and oxygen atoms in total. The molecule has 5 heteroatoms. The number of rotatable bonds is 1. The summed E-state index contributed by atoms with van der Waals surface area (Å²) in [6.07, 6.45) is 0.557. The van der Waals surface area contributed by atoms with E-state index in [0.29, 0.717) is 6.42 Å². The van der Waals surface area contributed by atoms with E-state index < -0.39 is 9.84 Å². The summed E-state index contributed by atoms with van der Waals surface area (Å²) in [6, 6.07) is -0.155. The topological polar surface area (TPSA) is 63.2 Å². The van der Waals surface area contributed by atoms with Crippen LogP contribution in [0.2, 0.25) is 0 Å². The van der Waals surface area contributed by atoms with Gasteiger partial charge in [-0.15, -0.1) is 0 Å². The summed E-state index contributed by atoms with van der Waals surface area (Å²) in [4.78, 5) is 10.5. The van der Waals surface area contributed by atoms with E-state index in [4.69, 9.17) is 0 Å². The molecule has 1 aliphatic heterocycles. The predicted molar refractivity (Wildman–Crippen MR) is 40.9 cm³/mol. The van der Waals surface area contributed by atoms with Gasteiger partial charge in [-0.05, 0) is 6.42 Å². The highest BCUT2D eigenvalue weighted by molar-refractivity contribution is 7.91. The number of hydrogen-bond donors (Lipinski definition) is 1. The SMILES string of the molecule is CC(=O)N[C@@H]1CCS(=O)(=O)C1. The Labute approximate surface area is 65.9 Å². The van der Waals surface area contributed by atoms with Crippen LogP contribution in [-0.2, 0) is 14.6 Å². The predicted octanol–water partition coefficient (Wildman–Crippen LogP) is -0.690. The Bertz CT molecular complexity index is 257. The quantitative estimate of drug-likeness (QED) is 0.576. The van der Waals surface area contributed by atoms with Gasteiger partial charge in [0.2, 0.25) is 5.91 Å². The largest absolute Gasteiger partial charge is 0.353 e. The summed E-state index contributed by atoms with van der Waals surface area (Å²) in [7, 11) is -2.86. The Morgan fingerprint density at radius 1 is 1.55 bits per heavy atom. The zero-order chi connectivity index (χ0) is 8.48. The third-order valence-corrected chi connectivity index (χ3v) is 3.41. The summed E-state index contributed by atoms with van der Waals surface area (Å²) in [5.74, 6) is 0.150. The number of nitrogens with one attached hydrogen (secondary N) is 1. The number of amides is 1. The molecule has 1 amide bonds. The fraction of sp³-hybridized carbons (Fsp3) is 0.833. The minimum Gasteiger partial charge on any atom is -0.353 e.